The van der Waals surface area contributed by atoms with E-state index < -0.39 is 0 Å². The predicted molar refractivity (Wildman–Crippen MR) is 113 cm³/mol. The molecule has 3 heterocycles. The van der Waals surface area contributed by atoms with Crippen molar-refractivity contribution in [2.24, 2.45) is 5.92 Å². The second kappa shape index (κ2) is 8.41. The number of rotatable bonds is 5. The molecule has 6 heteroatoms. The van der Waals surface area contributed by atoms with Crippen molar-refractivity contribution >= 4 is 0 Å². The topological polar surface area (TPSA) is 59.7 Å². The smallest absolute Gasteiger partial charge is 0.175 e. The Morgan fingerprint density at radius 3 is 2.38 bits per heavy atom. The van der Waals surface area contributed by atoms with Crippen LogP contribution in [-0.4, -0.2) is 43.2 Å². The molecule has 0 saturated carbocycles. The number of tetrazole rings is 1. The zero-order valence-corrected chi connectivity index (χ0v) is 17.6. The molecule has 2 aromatic heterocycles. The van der Waals surface area contributed by atoms with Crippen molar-refractivity contribution in [3.63, 3.8) is 0 Å². The molecule has 0 unspecified atom stereocenters. The van der Waals surface area contributed by atoms with Gasteiger partial charge < -0.3 is 0 Å². The third kappa shape index (κ3) is 4.53. The molecule has 0 N–H and O–H groups in total. The van der Waals surface area contributed by atoms with Crippen LogP contribution in [0.25, 0.3) is 0 Å². The number of pyridine rings is 1. The molecule has 29 heavy (non-hydrogen) atoms. The average molecular weight is 391 g/mol. The Labute approximate surface area is 173 Å². The molecule has 0 spiro atoms. The number of likely N-dealkylation sites (tertiary alicyclic amines) is 1. The van der Waals surface area contributed by atoms with E-state index in [1.54, 1.807) is 0 Å². The Bertz CT molecular complexity index is 892. The van der Waals surface area contributed by atoms with Crippen LogP contribution in [-0.2, 0) is 12.0 Å². The zero-order valence-electron chi connectivity index (χ0n) is 17.6. The van der Waals surface area contributed by atoms with Crippen LogP contribution in [0.1, 0.15) is 56.7 Å². The van der Waals surface area contributed by atoms with E-state index in [-0.39, 0.29) is 11.6 Å². The van der Waals surface area contributed by atoms with E-state index in [1.165, 1.54) is 18.4 Å². The molecular formula is C23H30N6. The number of hydrogen-bond acceptors (Lipinski definition) is 5. The van der Waals surface area contributed by atoms with E-state index in [9.17, 15) is 0 Å². The number of aromatic nitrogens is 5. The molecular weight excluding hydrogens is 360 g/mol. The second-order valence-electron chi connectivity index (χ2n) is 8.95. The molecule has 3 aromatic rings. The molecule has 1 aliphatic heterocycles. The summed E-state index contributed by atoms with van der Waals surface area (Å²) in [5, 5.41) is 12.8. The van der Waals surface area contributed by atoms with Gasteiger partial charge >= 0.3 is 0 Å². The second-order valence-corrected chi connectivity index (χ2v) is 8.95. The van der Waals surface area contributed by atoms with Gasteiger partial charge in [-0.15, -0.1) is 5.10 Å². The maximum atomic E-state index is 4.67. The summed E-state index contributed by atoms with van der Waals surface area (Å²) in [4.78, 5) is 7.17. The van der Waals surface area contributed by atoms with Crippen LogP contribution in [0.5, 0.6) is 0 Å². The SMILES string of the molecule is CC(C)(C)n1nnnc1[C@@H](c1ccccn1)N1CCC(Cc2ccccc2)CC1. The molecule has 0 aliphatic carbocycles. The van der Waals surface area contributed by atoms with E-state index in [0.717, 1.165) is 36.9 Å². The molecule has 0 bridgehead atoms. The number of hydrogen-bond donors (Lipinski definition) is 0. The first-order chi connectivity index (χ1) is 14.0. The monoisotopic (exact) mass is 390 g/mol. The van der Waals surface area contributed by atoms with Crippen LogP contribution in [0.3, 0.4) is 0 Å². The van der Waals surface area contributed by atoms with Crippen LogP contribution < -0.4 is 0 Å². The summed E-state index contributed by atoms with van der Waals surface area (Å²) in [5.74, 6) is 1.59. The lowest BCUT2D eigenvalue weighted by Gasteiger charge is -2.37. The van der Waals surface area contributed by atoms with Crippen molar-refractivity contribution in [2.45, 2.75) is 51.6 Å². The lowest BCUT2D eigenvalue weighted by molar-refractivity contribution is 0.137. The molecule has 0 radical (unpaired) electrons. The number of piperidine rings is 1. The van der Waals surface area contributed by atoms with Gasteiger partial charge in [0.15, 0.2) is 5.82 Å². The third-order valence-corrected chi connectivity index (χ3v) is 5.72. The van der Waals surface area contributed by atoms with Crippen LogP contribution >= 0.6 is 0 Å². The van der Waals surface area contributed by atoms with Crippen molar-refractivity contribution < 1.29 is 0 Å². The van der Waals surface area contributed by atoms with Gasteiger partial charge in [-0.3, -0.25) is 9.88 Å². The maximum absolute atomic E-state index is 4.67. The van der Waals surface area contributed by atoms with E-state index in [4.69, 9.17) is 0 Å². The van der Waals surface area contributed by atoms with Crippen molar-refractivity contribution in [3.8, 4) is 0 Å². The van der Waals surface area contributed by atoms with Gasteiger partial charge in [-0.2, -0.15) is 0 Å². The molecule has 152 valence electrons. The lowest BCUT2D eigenvalue weighted by atomic mass is 9.89. The minimum absolute atomic E-state index is 0.0249. The molecule has 1 aliphatic rings. The van der Waals surface area contributed by atoms with Gasteiger partial charge in [0.2, 0.25) is 0 Å². The Kier molecular flexibility index (Phi) is 5.72. The highest BCUT2D eigenvalue weighted by Crippen LogP contribution is 2.32. The highest BCUT2D eigenvalue weighted by Gasteiger charge is 2.34. The minimum Gasteiger partial charge on any atom is -0.288 e. The highest BCUT2D eigenvalue weighted by atomic mass is 15.6. The van der Waals surface area contributed by atoms with Gasteiger partial charge in [0.25, 0.3) is 0 Å². The van der Waals surface area contributed by atoms with E-state index in [2.05, 4.69) is 82.6 Å². The Balaban J connectivity index is 1.55. The molecule has 6 nitrogen and oxygen atoms in total. The number of benzene rings is 1. The van der Waals surface area contributed by atoms with E-state index >= 15 is 0 Å². The van der Waals surface area contributed by atoms with Crippen LogP contribution in [0.4, 0.5) is 0 Å². The predicted octanol–water partition coefficient (Wildman–Crippen LogP) is 3.87. The molecule has 0 amide bonds. The van der Waals surface area contributed by atoms with Gasteiger partial charge in [0.05, 0.1) is 11.2 Å². The van der Waals surface area contributed by atoms with Crippen molar-refractivity contribution in [2.75, 3.05) is 13.1 Å². The Morgan fingerprint density at radius 2 is 1.72 bits per heavy atom. The van der Waals surface area contributed by atoms with E-state index in [0.29, 0.717) is 0 Å². The third-order valence-electron chi connectivity index (χ3n) is 5.72. The Morgan fingerprint density at radius 1 is 1.00 bits per heavy atom. The fraction of sp³-hybridized carbons (Fsp3) is 0.478. The van der Waals surface area contributed by atoms with Crippen LogP contribution in [0, 0.1) is 5.92 Å². The molecule has 1 fully saturated rings. The highest BCUT2D eigenvalue weighted by molar-refractivity contribution is 5.19. The summed E-state index contributed by atoms with van der Waals surface area (Å²) in [7, 11) is 0. The van der Waals surface area contributed by atoms with Crippen molar-refractivity contribution in [1.29, 1.82) is 0 Å². The molecule has 4 rings (SSSR count). The molecule has 1 aromatic carbocycles. The quantitative estimate of drug-likeness (QED) is 0.662. The maximum Gasteiger partial charge on any atom is 0.175 e. The summed E-state index contributed by atoms with van der Waals surface area (Å²) in [6, 6.07) is 16.9. The zero-order chi connectivity index (χ0) is 20.3. The minimum atomic E-state index is -0.183. The van der Waals surface area contributed by atoms with Gasteiger partial charge in [0.1, 0.15) is 6.04 Å². The molecule has 1 saturated heterocycles. The first kappa shape index (κ1) is 19.7. The first-order valence-electron chi connectivity index (χ1n) is 10.5. The standard InChI is InChI=1S/C23H30N6/c1-23(2,3)29-22(25-26-27-29)21(20-11-7-8-14-24-20)28-15-12-19(13-16-28)17-18-9-5-4-6-10-18/h4-11,14,19,21H,12-13,15-17H2,1-3H3/t21-/m1/s1. The summed E-state index contributed by atoms with van der Waals surface area (Å²) in [6.07, 6.45) is 5.36. The van der Waals surface area contributed by atoms with Gasteiger partial charge in [-0.1, -0.05) is 36.4 Å². The van der Waals surface area contributed by atoms with Crippen LogP contribution in [0.2, 0.25) is 0 Å². The Hall–Kier alpha value is -2.60. The van der Waals surface area contributed by atoms with E-state index in [1.807, 2.05) is 23.0 Å². The lowest BCUT2D eigenvalue weighted by Crippen LogP contribution is -2.40. The normalized spacial score (nSPS) is 17.3. The summed E-state index contributed by atoms with van der Waals surface area (Å²) < 4.78 is 1.95. The molecule has 1 atom stereocenters. The summed E-state index contributed by atoms with van der Waals surface area (Å²) >= 11 is 0. The van der Waals surface area contributed by atoms with Gasteiger partial charge in [-0.05, 0) is 87.2 Å². The average Bonchev–Trinajstić information content (AvgIpc) is 3.21. The van der Waals surface area contributed by atoms with Gasteiger partial charge in [-0.25, -0.2) is 4.68 Å². The summed E-state index contributed by atoms with van der Waals surface area (Å²) in [5.41, 5.74) is 2.26. The van der Waals surface area contributed by atoms with Gasteiger partial charge in [0, 0.05) is 6.20 Å². The number of nitrogens with zero attached hydrogens (tertiary/aromatic N) is 6. The van der Waals surface area contributed by atoms with Crippen molar-refractivity contribution in [1.82, 2.24) is 30.1 Å². The summed E-state index contributed by atoms with van der Waals surface area (Å²) in [6.45, 7) is 8.45. The van der Waals surface area contributed by atoms with Crippen LogP contribution in [0.15, 0.2) is 54.7 Å². The largest absolute Gasteiger partial charge is 0.288 e. The fourth-order valence-corrected chi connectivity index (χ4v) is 4.23. The van der Waals surface area contributed by atoms with Crippen molar-refractivity contribution in [3.05, 3.63) is 71.8 Å². The fourth-order valence-electron chi connectivity index (χ4n) is 4.23. The first-order valence-corrected chi connectivity index (χ1v) is 10.5.